The molecule has 0 bridgehead atoms. The summed E-state index contributed by atoms with van der Waals surface area (Å²) < 4.78 is 10.1. The summed E-state index contributed by atoms with van der Waals surface area (Å²) in [5, 5.41) is 2.65. The van der Waals surface area contributed by atoms with Crippen LogP contribution in [0, 0.1) is 13.8 Å². The van der Waals surface area contributed by atoms with E-state index in [4.69, 9.17) is 9.47 Å². The molecule has 21 heavy (non-hydrogen) atoms. The molecule has 0 fully saturated rings. The summed E-state index contributed by atoms with van der Waals surface area (Å²) in [5.41, 5.74) is 1.95. The Morgan fingerprint density at radius 1 is 1.29 bits per heavy atom. The Hall–Kier alpha value is -2.30. The van der Waals surface area contributed by atoms with Gasteiger partial charge in [0.25, 0.3) is 0 Å². The maximum Gasteiger partial charge on any atom is 0.412 e. The normalized spacial score (nSPS) is 10.7. The van der Waals surface area contributed by atoms with Crippen LogP contribution >= 0.6 is 0 Å². The Morgan fingerprint density at radius 3 is 2.52 bits per heavy atom. The van der Waals surface area contributed by atoms with Gasteiger partial charge in [-0.15, -0.1) is 0 Å². The minimum Gasteiger partial charge on any atom is -0.458 e. The molecule has 0 aliphatic carbocycles. The molecule has 0 aliphatic rings. The number of rotatable bonds is 5. The average molecular weight is 291 g/mol. The quantitative estimate of drug-likeness (QED) is 0.667. The standard InChI is InChI=1S/C16H21NO4/c1-6-14(18)20-10-16(4,5)21-15(19)17-13-8-7-11(2)12(3)9-13/h6-9H,1,10H2,2-5H3,(H,17,19). The molecule has 0 heterocycles. The Bertz CT molecular complexity index is 549. The van der Waals surface area contributed by atoms with Gasteiger partial charge in [0.15, 0.2) is 0 Å². The lowest BCUT2D eigenvalue weighted by Gasteiger charge is -2.24. The van der Waals surface area contributed by atoms with E-state index in [1.807, 2.05) is 26.0 Å². The lowest BCUT2D eigenvalue weighted by molar-refractivity contribution is -0.143. The van der Waals surface area contributed by atoms with Crippen molar-refractivity contribution in [1.29, 1.82) is 0 Å². The summed E-state index contributed by atoms with van der Waals surface area (Å²) >= 11 is 0. The minimum atomic E-state index is -0.928. The third-order valence-corrected chi connectivity index (χ3v) is 2.85. The summed E-state index contributed by atoms with van der Waals surface area (Å²) in [7, 11) is 0. The third-order valence-electron chi connectivity index (χ3n) is 2.85. The summed E-state index contributed by atoms with van der Waals surface area (Å²) in [6.45, 7) is 10.5. The molecule has 1 aromatic carbocycles. The zero-order valence-electron chi connectivity index (χ0n) is 12.9. The second-order valence-electron chi connectivity index (χ2n) is 5.39. The summed E-state index contributed by atoms with van der Waals surface area (Å²) in [5.74, 6) is -0.554. The number of carbonyl (C=O) groups is 2. The van der Waals surface area contributed by atoms with Crippen LogP contribution in [-0.4, -0.2) is 24.3 Å². The zero-order valence-corrected chi connectivity index (χ0v) is 12.9. The monoisotopic (exact) mass is 291 g/mol. The van der Waals surface area contributed by atoms with Crippen molar-refractivity contribution in [3.8, 4) is 0 Å². The lowest BCUT2D eigenvalue weighted by atomic mass is 10.1. The van der Waals surface area contributed by atoms with Crippen molar-refractivity contribution in [3.05, 3.63) is 42.0 Å². The fourth-order valence-electron chi connectivity index (χ4n) is 1.55. The Morgan fingerprint density at radius 2 is 1.95 bits per heavy atom. The fraction of sp³-hybridized carbons (Fsp3) is 0.375. The first-order chi connectivity index (χ1) is 9.73. The minimum absolute atomic E-state index is 0.0435. The van der Waals surface area contributed by atoms with Crippen LogP contribution in [-0.2, 0) is 14.3 Å². The Labute approximate surface area is 124 Å². The van der Waals surface area contributed by atoms with Crippen molar-refractivity contribution >= 4 is 17.7 Å². The van der Waals surface area contributed by atoms with Crippen LogP contribution < -0.4 is 5.32 Å². The second kappa shape index (κ2) is 6.92. The predicted octanol–water partition coefficient (Wildman–Crippen LogP) is 3.36. The van der Waals surface area contributed by atoms with Gasteiger partial charge in [0, 0.05) is 11.8 Å². The van der Waals surface area contributed by atoms with Crippen LogP contribution in [0.2, 0.25) is 0 Å². The first-order valence-electron chi connectivity index (χ1n) is 6.60. The predicted molar refractivity (Wildman–Crippen MR) is 81.3 cm³/mol. The van der Waals surface area contributed by atoms with Crippen LogP contribution in [0.5, 0.6) is 0 Å². The van der Waals surface area contributed by atoms with E-state index in [-0.39, 0.29) is 6.61 Å². The molecular formula is C16H21NO4. The van der Waals surface area contributed by atoms with Crippen molar-refractivity contribution in [3.63, 3.8) is 0 Å². The number of amides is 1. The topological polar surface area (TPSA) is 64.6 Å². The van der Waals surface area contributed by atoms with E-state index in [0.717, 1.165) is 17.2 Å². The molecule has 0 unspecified atom stereocenters. The van der Waals surface area contributed by atoms with Crippen molar-refractivity contribution < 1.29 is 19.1 Å². The molecule has 5 heteroatoms. The number of nitrogens with one attached hydrogen (secondary N) is 1. The number of hydrogen-bond acceptors (Lipinski definition) is 4. The molecular weight excluding hydrogens is 270 g/mol. The summed E-state index contributed by atoms with van der Waals surface area (Å²) in [6.07, 6.45) is 0.462. The van der Waals surface area contributed by atoms with Gasteiger partial charge in [-0.1, -0.05) is 12.6 Å². The van der Waals surface area contributed by atoms with Gasteiger partial charge in [-0.05, 0) is 51.0 Å². The van der Waals surface area contributed by atoms with Gasteiger partial charge in [-0.2, -0.15) is 0 Å². The SMILES string of the molecule is C=CC(=O)OCC(C)(C)OC(=O)Nc1ccc(C)c(C)c1. The highest BCUT2D eigenvalue weighted by atomic mass is 16.6. The number of aryl methyl sites for hydroxylation is 2. The Balaban J connectivity index is 2.57. The van der Waals surface area contributed by atoms with Crippen LogP contribution in [0.4, 0.5) is 10.5 Å². The molecule has 0 spiro atoms. The van der Waals surface area contributed by atoms with Gasteiger partial charge in [0.2, 0.25) is 0 Å². The molecule has 5 nitrogen and oxygen atoms in total. The van der Waals surface area contributed by atoms with Crippen LogP contribution in [0.1, 0.15) is 25.0 Å². The molecule has 0 saturated heterocycles. The Kier molecular flexibility index (Phi) is 5.52. The zero-order chi connectivity index (χ0) is 16.0. The van der Waals surface area contributed by atoms with Crippen molar-refractivity contribution in [1.82, 2.24) is 0 Å². The fourth-order valence-corrected chi connectivity index (χ4v) is 1.55. The second-order valence-corrected chi connectivity index (χ2v) is 5.39. The lowest BCUT2D eigenvalue weighted by Crippen LogP contribution is -2.36. The third kappa shape index (κ3) is 5.69. The van der Waals surface area contributed by atoms with Gasteiger partial charge in [-0.3, -0.25) is 5.32 Å². The molecule has 0 saturated carbocycles. The molecule has 0 aromatic heterocycles. The van der Waals surface area contributed by atoms with E-state index in [0.29, 0.717) is 5.69 Å². The van der Waals surface area contributed by atoms with Crippen molar-refractivity contribution in [2.45, 2.75) is 33.3 Å². The molecule has 1 aromatic rings. The van der Waals surface area contributed by atoms with Crippen molar-refractivity contribution in [2.24, 2.45) is 0 Å². The van der Waals surface area contributed by atoms with Gasteiger partial charge < -0.3 is 9.47 Å². The largest absolute Gasteiger partial charge is 0.458 e. The number of benzene rings is 1. The van der Waals surface area contributed by atoms with Crippen LogP contribution in [0.25, 0.3) is 0 Å². The average Bonchev–Trinajstić information content (AvgIpc) is 2.39. The van der Waals surface area contributed by atoms with Gasteiger partial charge in [0.1, 0.15) is 12.2 Å². The first-order valence-corrected chi connectivity index (χ1v) is 6.60. The highest BCUT2D eigenvalue weighted by molar-refractivity contribution is 5.85. The number of ether oxygens (including phenoxy) is 2. The number of hydrogen-bond donors (Lipinski definition) is 1. The maximum atomic E-state index is 11.8. The summed E-state index contributed by atoms with van der Waals surface area (Å²) in [4.78, 5) is 22.9. The molecule has 114 valence electrons. The van der Waals surface area contributed by atoms with E-state index in [2.05, 4.69) is 11.9 Å². The molecule has 0 aliphatic heterocycles. The number of esters is 1. The van der Waals surface area contributed by atoms with Gasteiger partial charge in [-0.25, -0.2) is 9.59 Å². The first kappa shape index (κ1) is 16.8. The molecule has 1 amide bonds. The van der Waals surface area contributed by atoms with Crippen LogP contribution in [0.15, 0.2) is 30.9 Å². The molecule has 1 N–H and O–H groups in total. The smallest absolute Gasteiger partial charge is 0.412 e. The number of anilines is 1. The molecule has 1 rings (SSSR count). The van der Waals surface area contributed by atoms with E-state index in [9.17, 15) is 9.59 Å². The van der Waals surface area contributed by atoms with E-state index < -0.39 is 17.7 Å². The van der Waals surface area contributed by atoms with Gasteiger partial charge in [0.05, 0.1) is 0 Å². The van der Waals surface area contributed by atoms with Crippen LogP contribution in [0.3, 0.4) is 0 Å². The highest BCUT2D eigenvalue weighted by Gasteiger charge is 2.24. The van der Waals surface area contributed by atoms with E-state index in [1.54, 1.807) is 19.9 Å². The molecule has 0 atom stereocenters. The van der Waals surface area contributed by atoms with Crippen molar-refractivity contribution in [2.75, 3.05) is 11.9 Å². The highest BCUT2D eigenvalue weighted by Crippen LogP contribution is 2.16. The molecule has 0 radical (unpaired) electrons. The maximum absolute atomic E-state index is 11.8. The van der Waals surface area contributed by atoms with Gasteiger partial charge >= 0.3 is 12.1 Å². The number of carbonyl (C=O) groups excluding carboxylic acids is 2. The summed E-state index contributed by atoms with van der Waals surface area (Å²) in [6, 6.07) is 5.58. The van der Waals surface area contributed by atoms with E-state index >= 15 is 0 Å². The van der Waals surface area contributed by atoms with E-state index in [1.165, 1.54) is 0 Å².